The second-order valence-corrected chi connectivity index (χ2v) is 9.96. The number of morpholine rings is 2. The second kappa shape index (κ2) is 9.26. The van der Waals surface area contributed by atoms with Gasteiger partial charge in [-0.3, -0.25) is 0 Å². The molecule has 0 aliphatic carbocycles. The number of hydrogen-bond donors (Lipinski definition) is 2. The van der Waals surface area contributed by atoms with Crippen molar-refractivity contribution in [3.63, 3.8) is 0 Å². The summed E-state index contributed by atoms with van der Waals surface area (Å²) in [5.41, 5.74) is 8.19. The first-order chi connectivity index (χ1) is 17.1. The molecule has 2 atom stereocenters. The molecule has 0 radical (unpaired) electrons. The molecular weight excluding hydrogens is 442 g/mol. The smallest absolute Gasteiger partial charge is 0.320 e. The summed E-state index contributed by atoms with van der Waals surface area (Å²) in [5, 5.41) is 4.79. The van der Waals surface area contributed by atoms with Crippen molar-refractivity contribution in [2.75, 3.05) is 46.0 Å². The Bertz CT molecular complexity index is 1250. The number of rotatable bonds is 2. The van der Waals surface area contributed by atoms with Crippen molar-refractivity contribution in [3.05, 3.63) is 52.8 Å². The number of aromatic amines is 1. The standard InChI is InChI=1S/C27H33N5O3/c1-17-12-29-26-22(17)11-21(13-30-26)20-9-19-3-5-31(27(33)32-6-8-35-18(2)14-32)15-24(19)23(10-20)25-16-34-7-4-28-25/h9-13,18,25,28H,3-8,14-16H2,1-2H3,(H,29,30)/t18-,25-/m0/s1. The maximum absolute atomic E-state index is 13.4. The quantitative estimate of drug-likeness (QED) is 0.594. The topological polar surface area (TPSA) is 82.7 Å². The molecule has 1 aromatic carbocycles. The number of amides is 2. The minimum Gasteiger partial charge on any atom is -0.378 e. The fourth-order valence-corrected chi connectivity index (χ4v) is 5.59. The second-order valence-electron chi connectivity index (χ2n) is 9.96. The van der Waals surface area contributed by atoms with Crippen LogP contribution in [-0.2, 0) is 22.4 Å². The van der Waals surface area contributed by atoms with Gasteiger partial charge in [0.1, 0.15) is 5.65 Å². The van der Waals surface area contributed by atoms with Crippen LogP contribution in [0.5, 0.6) is 0 Å². The third-order valence-electron chi connectivity index (χ3n) is 7.53. The summed E-state index contributed by atoms with van der Waals surface area (Å²) in [4.78, 5) is 25.2. The summed E-state index contributed by atoms with van der Waals surface area (Å²) in [5.74, 6) is 0. The van der Waals surface area contributed by atoms with Crippen molar-refractivity contribution in [2.45, 2.75) is 39.0 Å². The van der Waals surface area contributed by atoms with E-state index in [0.29, 0.717) is 32.8 Å². The average molecular weight is 476 g/mol. The lowest BCUT2D eigenvalue weighted by atomic mass is 9.87. The normalized spacial score (nSPS) is 22.9. The van der Waals surface area contributed by atoms with Crippen LogP contribution in [0.1, 0.15) is 35.2 Å². The first-order valence-corrected chi connectivity index (χ1v) is 12.6. The average Bonchev–Trinajstić information content (AvgIpc) is 3.27. The number of carbonyl (C=O) groups excluding carboxylic acids is 1. The van der Waals surface area contributed by atoms with Gasteiger partial charge in [-0.1, -0.05) is 6.07 Å². The number of hydrogen-bond acceptors (Lipinski definition) is 5. The Balaban J connectivity index is 1.36. The van der Waals surface area contributed by atoms with Crippen LogP contribution >= 0.6 is 0 Å². The van der Waals surface area contributed by atoms with E-state index in [-0.39, 0.29) is 18.2 Å². The maximum Gasteiger partial charge on any atom is 0.320 e. The number of benzene rings is 1. The number of urea groups is 1. The third kappa shape index (κ3) is 4.30. The van der Waals surface area contributed by atoms with Gasteiger partial charge in [-0.15, -0.1) is 0 Å². The SMILES string of the molecule is Cc1c[nH]c2ncc(-c3cc4c(c([C@@H]5COCCN5)c3)CN(C(=O)N3CCO[C@@H](C)C3)CC4)cc12. The van der Waals surface area contributed by atoms with E-state index in [0.717, 1.165) is 42.7 Å². The molecule has 3 aliphatic rings. The molecule has 3 aliphatic heterocycles. The van der Waals surface area contributed by atoms with Crippen molar-refractivity contribution in [3.8, 4) is 11.1 Å². The molecule has 0 spiro atoms. The molecule has 2 amide bonds. The third-order valence-corrected chi connectivity index (χ3v) is 7.53. The van der Waals surface area contributed by atoms with Gasteiger partial charge in [0.25, 0.3) is 0 Å². The van der Waals surface area contributed by atoms with Gasteiger partial charge < -0.3 is 29.6 Å². The first-order valence-electron chi connectivity index (χ1n) is 12.6. The summed E-state index contributed by atoms with van der Waals surface area (Å²) in [6.07, 6.45) is 4.88. The predicted molar refractivity (Wildman–Crippen MR) is 134 cm³/mol. The summed E-state index contributed by atoms with van der Waals surface area (Å²) in [6.45, 7) is 9.59. The van der Waals surface area contributed by atoms with Gasteiger partial charge in [-0.05, 0) is 60.2 Å². The molecule has 184 valence electrons. The Kier molecular flexibility index (Phi) is 5.96. The molecule has 35 heavy (non-hydrogen) atoms. The van der Waals surface area contributed by atoms with Gasteiger partial charge in [0.2, 0.25) is 0 Å². The van der Waals surface area contributed by atoms with Crippen LogP contribution < -0.4 is 5.32 Å². The Morgan fingerprint density at radius 1 is 1.14 bits per heavy atom. The summed E-state index contributed by atoms with van der Waals surface area (Å²) in [6, 6.07) is 7.03. The highest BCUT2D eigenvalue weighted by molar-refractivity contribution is 5.84. The van der Waals surface area contributed by atoms with Crippen LogP contribution in [0.15, 0.2) is 30.6 Å². The molecule has 3 aromatic rings. The molecule has 8 nitrogen and oxygen atoms in total. The summed E-state index contributed by atoms with van der Waals surface area (Å²) < 4.78 is 11.5. The van der Waals surface area contributed by atoms with Crippen LogP contribution in [0.4, 0.5) is 4.79 Å². The van der Waals surface area contributed by atoms with E-state index in [9.17, 15) is 4.79 Å². The lowest BCUT2D eigenvalue weighted by Gasteiger charge is -2.38. The van der Waals surface area contributed by atoms with Crippen LogP contribution in [0.3, 0.4) is 0 Å². The van der Waals surface area contributed by atoms with Gasteiger partial charge in [0.15, 0.2) is 0 Å². The minimum absolute atomic E-state index is 0.0843. The zero-order chi connectivity index (χ0) is 23.9. The minimum atomic E-state index is 0.0843. The van der Waals surface area contributed by atoms with E-state index < -0.39 is 0 Å². The molecule has 0 bridgehead atoms. The molecule has 0 saturated carbocycles. The Hall–Kier alpha value is -2.94. The number of aromatic nitrogens is 2. The monoisotopic (exact) mass is 475 g/mol. The van der Waals surface area contributed by atoms with Crippen molar-refractivity contribution < 1.29 is 14.3 Å². The lowest BCUT2D eigenvalue weighted by molar-refractivity contribution is -0.00977. The fourth-order valence-electron chi connectivity index (χ4n) is 5.59. The van der Waals surface area contributed by atoms with Crippen LogP contribution in [0.2, 0.25) is 0 Å². The highest BCUT2D eigenvalue weighted by atomic mass is 16.5. The number of nitrogens with one attached hydrogen (secondary N) is 2. The van der Waals surface area contributed by atoms with E-state index in [1.165, 1.54) is 27.8 Å². The van der Waals surface area contributed by atoms with Crippen LogP contribution in [0, 0.1) is 6.92 Å². The molecule has 2 saturated heterocycles. The highest BCUT2D eigenvalue weighted by Crippen LogP contribution is 2.35. The van der Waals surface area contributed by atoms with E-state index in [4.69, 9.17) is 9.47 Å². The number of pyridine rings is 1. The van der Waals surface area contributed by atoms with E-state index in [2.05, 4.69) is 40.4 Å². The molecule has 2 N–H and O–H groups in total. The van der Waals surface area contributed by atoms with Gasteiger partial charge >= 0.3 is 6.03 Å². The molecular formula is C27H33N5O3. The van der Waals surface area contributed by atoms with Gasteiger partial charge in [-0.2, -0.15) is 0 Å². The van der Waals surface area contributed by atoms with Gasteiger partial charge in [0, 0.05) is 56.1 Å². The van der Waals surface area contributed by atoms with Crippen LogP contribution in [-0.4, -0.2) is 77.9 Å². The zero-order valence-electron chi connectivity index (χ0n) is 20.5. The Morgan fingerprint density at radius 2 is 2.06 bits per heavy atom. The fraction of sp³-hybridized carbons (Fsp3) is 0.481. The Labute approximate surface area is 205 Å². The molecule has 0 unspecified atom stereocenters. The number of H-pyrrole nitrogens is 1. The van der Waals surface area contributed by atoms with Crippen molar-refractivity contribution in [2.24, 2.45) is 0 Å². The summed E-state index contributed by atoms with van der Waals surface area (Å²) >= 11 is 0. The van der Waals surface area contributed by atoms with Crippen molar-refractivity contribution in [1.29, 1.82) is 0 Å². The van der Waals surface area contributed by atoms with E-state index in [1.807, 2.05) is 29.1 Å². The number of fused-ring (bicyclic) bond motifs is 2. The molecule has 6 rings (SSSR count). The Morgan fingerprint density at radius 3 is 2.89 bits per heavy atom. The number of aryl methyl sites for hydroxylation is 1. The lowest BCUT2D eigenvalue weighted by Crippen LogP contribution is -2.51. The van der Waals surface area contributed by atoms with Crippen molar-refractivity contribution in [1.82, 2.24) is 25.1 Å². The molecule has 5 heterocycles. The number of carbonyl (C=O) groups is 1. The van der Waals surface area contributed by atoms with Gasteiger partial charge in [-0.25, -0.2) is 9.78 Å². The highest BCUT2D eigenvalue weighted by Gasteiger charge is 2.31. The zero-order valence-corrected chi connectivity index (χ0v) is 20.5. The molecule has 8 heteroatoms. The van der Waals surface area contributed by atoms with Gasteiger partial charge in [0.05, 0.1) is 32.0 Å². The predicted octanol–water partition coefficient (Wildman–Crippen LogP) is 3.40. The largest absolute Gasteiger partial charge is 0.378 e. The first kappa shape index (κ1) is 22.5. The maximum atomic E-state index is 13.4. The molecule has 2 aromatic heterocycles. The van der Waals surface area contributed by atoms with Crippen LogP contribution in [0.25, 0.3) is 22.2 Å². The van der Waals surface area contributed by atoms with Crippen molar-refractivity contribution >= 4 is 17.1 Å². The molecule has 2 fully saturated rings. The number of ether oxygens (including phenoxy) is 2. The summed E-state index contributed by atoms with van der Waals surface area (Å²) in [7, 11) is 0. The van der Waals surface area contributed by atoms with E-state index in [1.54, 1.807) is 0 Å². The number of nitrogens with zero attached hydrogens (tertiary/aromatic N) is 3. The van der Waals surface area contributed by atoms with E-state index >= 15 is 0 Å².